The Morgan fingerprint density at radius 1 is 1.28 bits per heavy atom. The van der Waals surface area contributed by atoms with E-state index in [-0.39, 0.29) is 11.1 Å². The van der Waals surface area contributed by atoms with Gasteiger partial charge in [0.05, 0.1) is 11.0 Å². The molecule has 0 amide bonds. The Balaban J connectivity index is 2.37. The summed E-state index contributed by atoms with van der Waals surface area (Å²) in [7, 11) is 3.67. The van der Waals surface area contributed by atoms with Crippen LogP contribution < -0.4 is 11.4 Å². The van der Waals surface area contributed by atoms with Crippen LogP contribution in [0.1, 0.15) is 24.8 Å². The summed E-state index contributed by atoms with van der Waals surface area (Å²) in [5.74, 6) is 0. The van der Waals surface area contributed by atoms with E-state index in [0.29, 0.717) is 6.54 Å². The van der Waals surface area contributed by atoms with Crippen molar-refractivity contribution in [2.45, 2.75) is 24.7 Å². The van der Waals surface area contributed by atoms with Crippen molar-refractivity contribution in [3.05, 3.63) is 34.2 Å². The number of para-hydroxylation sites is 1. The standard InChI is InChI=1S/C14H19N3O/c1-16-11-6-3-5-10(12(11)17(2)13(16)18)14(9-15)7-4-8-14/h3,5-6H,4,7-9,15H2,1-2H3. The van der Waals surface area contributed by atoms with Crippen LogP contribution in [0.4, 0.5) is 0 Å². The molecule has 0 unspecified atom stereocenters. The molecule has 2 aromatic rings. The molecule has 0 saturated heterocycles. The normalized spacial score (nSPS) is 17.9. The number of fused-ring (bicyclic) bond motifs is 1. The van der Waals surface area contributed by atoms with Gasteiger partial charge in [0.25, 0.3) is 0 Å². The van der Waals surface area contributed by atoms with E-state index in [1.807, 2.05) is 26.2 Å². The summed E-state index contributed by atoms with van der Waals surface area (Å²) >= 11 is 0. The van der Waals surface area contributed by atoms with Gasteiger partial charge in [-0.25, -0.2) is 4.79 Å². The molecule has 4 heteroatoms. The molecule has 1 aromatic heterocycles. The first-order valence-corrected chi connectivity index (χ1v) is 6.46. The monoisotopic (exact) mass is 245 g/mol. The van der Waals surface area contributed by atoms with Crippen LogP contribution in [-0.2, 0) is 19.5 Å². The fourth-order valence-corrected chi connectivity index (χ4v) is 3.19. The molecule has 1 aromatic carbocycles. The summed E-state index contributed by atoms with van der Waals surface area (Å²) < 4.78 is 3.46. The third-order valence-corrected chi connectivity index (χ3v) is 4.56. The van der Waals surface area contributed by atoms with E-state index in [1.165, 1.54) is 12.0 Å². The molecule has 3 rings (SSSR count). The molecule has 4 nitrogen and oxygen atoms in total. The molecule has 0 spiro atoms. The Labute approximate surface area is 106 Å². The van der Waals surface area contributed by atoms with Crippen molar-refractivity contribution < 1.29 is 0 Å². The van der Waals surface area contributed by atoms with Gasteiger partial charge in [0.15, 0.2) is 0 Å². The van der Waals surface area contributed by atoms with Crippen LogP contribution in [0.5, 0.6) is 0 Å². The second-order valence-electron chi connectivity index (χ2n) is 5.41. The smallest absolute Gasteiger partial charge is 0.328 e. The molecule has 1 saturated carbocycles. The van der Waals surface area contributed by atoms with Gasteiger partial charge < -0.3 is 5.73 Å². The zero-order chi connectivity index (χ0) is 12.9. The summed E-state index contributed by atoms with van der Waals surface area (Å²) in [4.78, 5) is 12.1. The Kier molecular flexibility index (Phi) is 2.38. The van der Waals surface area contributed by atoms with Gasteiger partial charge in [0.2, 0.25) is 0 Å². The average molecular weight is 245 g/mol. The number of nitrogens with zero attached hydrogens (tertiary/aromatic N) is 2. The van der Waals surface area contributed by atoms with Crippen LogP contribution in [0.15, 0.2) is 23.0 Å². The zero-order valence-corrected chi connectivity index (χ0v) is 10.9. The summed E-state index contributed by atoms with van der Waals surface area (Å²) in [6, 6.07) is 6.17. The molecule has 2 N–H and O–H groups in total. The number of aromatic nitrogens is 2. The third kappa shape index (κ3) is 1.27. The quantitative estimate of drug-likeness (QED) is 0.866. The predicted octanol–water partition coefficient (Wildman–Crippen LogP) is 1.26. The lowest BCUT2D eigenvalue weighted by atomic mass is 9.64. The molecular weight excluding hydrogens is 226 g/mol. The van der Waals surface area contributed by atoms with Crippen LogP contribution >= 0.6 is 0 Å². The number of rotatable bonds is 2. The maximum absolute atomic E-state index is 12.1. The topological polar surface area (TPSA) is 53.0 Å². The largest absolute Gasteiger partial charge is 0.330 e. The van der Waals surface area contributed by atoms with Crippen LogP contribution in [0.25, 0.3) is 11.0 Å². The van der Waals surface area contributed by atoms with Crippen molar-refractivity contribution >= 4 is 11.0 Å². The number of imidazole rings is 1. The van der Waals surface area contributed by atoms with E-state index in [2.05, 4.69) is 6.07 Å². The molecule has 18 heavy (non-hydrogen) atoms. The second kappa shape index (κ2) is 3.72. The van der Waals surface area contributed by atoms with Crippen molar-refractivity contribution in [3.63, 3.8) is 0 Å². The van der Waals surface area contributed by atoms with E-state index in [9.17, 15) is 4.79 Å². The molecular formula is C14H19N3O. The number of hydrogen-bond donors (Lipinski definition) is 1. The maximum atomic E-state index is 12.1. The molecule has 0 radical (unpaired) electrons. The molecule has 1 aliphatic rings. The minimum Gasteiger partial charge on any atom is -0.330 e. The predicted molar refractivity (Wildman–Crippen MR) is 72.7 cm³/mol. The highest BCUT2D eigenvalue weighted by molar-refractivity contribution is 5.81. The molecule has 1 aliphatic carbocycles. The number of nitrogens with two attached hydrogens (primary N) is 1. The molecule has 1 fully saturated rings. The van der Waals surface area contributed by atoms with Crippen molar-refractivity contribution in [2.75, 3.05) is 6.54 Å². The fraction of sp³-hybridized carbons (Fsp3) is 0.500. The lowest BCUT2D eigenvalue weighted by Crippen LogP contribution is -2.42. The number of benzene rings is 1. The van der Waals surface area contributed by atoms with Gasteiger partial charge in [-0.2, -0.15) is 0 Å². The second-order valence-corrected chi connectivity index (χ2v) is 5.41. The highest BCUT2D eigenvalue weighted by Gasteiger charge is 2.39. The lowest BCUT2D eigenvalue weighted by molar-refractivity contribution is 0.254. The van der Waals surface area contributed by atoms with E-state index < -0.39 is 0 Å². The Morgan fingerprint density at radius 2 is 2.00 bits per heavy atom. The molecule has 1 heterocycles. The van der Waals surface area contributed by atoms with Crippen LogP contribution in [-0.4, -0.2) is 15.7 Å². The van der Waals surface area contributed by atoms with Crippen LogP contribution in [0.2, 0.25) is 0 Å². The van der Waals surface area contributed by atoms with E-state index in [4.69, 9.17) is 5.73 Å². The Hall–Kier alpha value is -1.55. The summed E-state index contributed by atoms with van der Waals surface area (Å²) in [5, 5.41) is 0. The maximum Gasteiger partial charge on any atom is 0.328 e. The highest BCUT2D eigenvalue weighted by atomic mass is 16.1. The third-order valence-electron chi connectivity index (χ3n) is 4.56. The van der Waals surface area contributed by atoms with Gasteiger partial charge in [0.1, 0.15) is 0 Å². The zero-order valence-electron chi connectivity index (χ0n) is 10.9. The SMILES string of the molecule is Cn1c(=O)n(C)c2c(C3(CN)CCC3)cccc21. The first kappa shape index (κ1) is 11.5. The summed E-state index contributed by atoms with van der Waals surface area (Å²) in [6.07, 6.45) is 3.49. The molecule has 96 valence electrons. The van der Waals surface area contributed by atoms with E-state index >= 15 is 0 Å². The van der Waals surface area contributed by atoms with Gasteiger partial charge in [-0.15, -0.1) is 0 Å². The Bertz CT molecular complexity index is 656. The van der Waals surface area contributed by atoms with Gasteiger partial charge in [-0.05, 0) is 24.5 Å². The van der Waals surface area contributed by atoms with Gasteiger partial charge in [-0.3, -0.25) is 9.13 Å². The van der Waals surface area contributed by atoms with E-state index in [1.54, 1.807) is 9.13 Å². The highest BCUT2D eigenvalue weighted by Crippen LogP contribution is 2.44. The minimum absolute atomic E-state index is 0.0314. The molecule has 0 atom stereocenters. The van der Waals surface area contributed by atoms with Gasteiger partial charge in [-0.1, -0.05) is 18.6 Å². The first-order valence-electron chi connectivity index (χ1n) is 6.46. The average Bonchev–Trinajstić information content (AvgIpc) is 2.55. The van der Waals surface area contributed by atoms with Gasteiger partial charge in [0, 0.05) is 26.1 Å². The first-order chi connectivity index (χ1) is 8.60. The summed E-state index contributed by atoms with van der Waals surface area (Å²) in [5.41, 5.74) is 9.41. The molecule has 0 aliphatic heterocycles. The van der Waals surface area contributed by atoms with Crippen LogP contribution in [0, 0.1) is 0 Å². The fourth-order valence-electron chi connectivity index (χ4n) is 3.19. The Morgan fingerprint density at radius 3 is 2.56 bits per heavy atom. The number of aryl methyl sites for hydroxylation is 2. The van der Waals surface area contributed by atoms with Crippen molar-refractivity contribution in [1.82, 2.24) is 9.13 Å². The number of hydrogen-bond acceptors (Lipinski definition) is 2. The van der Waals surface area contributed by atoms with Crippen molar-refractivity contribution in [3.8, 4) is 0 Å². The van der Waals surface area contributed by atoms with Crippen LogP contribution in [0.3, 0.4) is 0 Å². The van der Waals surface area contributed by atoms with Gasteiger partial charge >= 0.3 is 5.69 Å². The minimum atomic E-state index is 0.0314. The van der Waals surface area contributed by atoms with Crippen molar-refractivity contribution in [1.29, 1.82) is 0 Å². The lowest BCUT2D eigenvalue weighted by Gasteiger charge is -2.41. The van der Waals surface area contributed by atoms with Crippen molar-refractivity contribution in [2.24, 2.45) is 19.8 Å². The molecule has 0 bridgehead atoms. The van der Waals surface area contributed by atoms with E-state index in [0.717, 1.165) is 23.9 Å². The summed E-state index contributed by atoms with van der Waals surface area (Å²) in [6.45, 7) is 0.662.